The van der Waals surface area contributed by atoms with Crippen LogP contribution in [0.3, 0.4) is 0 Å². The molecule has 0 unspecified atom stereocenters. The van der Waals surface area contributed by atoms with Crippen molar-refractivity contribution in [3.63, 3.8) is 0 Å². The van der Waals surface area contributed by atoms with E-state index in [1.54, 1.807) is 0 Å². The molecule has 0 bridgehead atoms. The van der Waals surface area contributed by atoms with Crippen molar-refractivity contribution in [1.82, 2.24) is 9.97 Å². The molecule has 1 aromatic rings. The van der Waals surface area contributed by atoms with Gasteiger partial charge in [-0.3, -0.25) is 9.78 Å². The predicted octanol–water partition coefficient (Wildman–Crippen LogP) is 1.40. The molecular formula is C11H17N3O3. The van der Waals surface area contributed by atoms with E-state index >= 15 is 0 Å². The van der Waals surface area contributed by atoms with E-state index in [0.29, 0.717) is 24.2 Å². The maximum absolute atomic E-state index is 10.7. The Balaban J connectivity index is 2.62. The van der Waals surface area contributed by atoms with E-state index in [0.717, 1.165) is 0 Å². The van der Waals surface area contributed by atoms with Crippen molar-refractivity contribution < 1.29 is 14.6 Å². The molecule has 0 saturated carbocycles. The van der Waals surface area contributed by atoms with E-state index in [-0.39, 0.29) is 0 Å². The van der Waals surface area contributed by atoms with E-state index in [4.69, 9.17) is 9.84 Å². The average molecular weight is 239 g/mol. The van der Waals surface area contributed by atoms with Crippen LogP contribution in [-0.2, 0) is 4.79 Å². The third kappa shape index (κ3) is 4.67. The smallest absolute Gasteiger partial charge is 0.325 e. The molecular weight excluding hydrogens is 222 g/mol. The van der Waals surface area contributed by atoms with Gasteiger partial charge in [-0.15, -0.1) is 0 Å². The highest BCUT2D eigenvalue weighted by molar-refractivity contribution is 5.76. The molecule has 1 atom stereocenters. The molecule has 0 aliphatic carbocycles. The number of aromatic nitrogens is 2. The summed E-state index contributed by atoms with van der Waals surface area (Å²) in [7, 11) is 0. The third-order valence-electron chi connectivity index (χ3n) is 1.91. The van der Waals surface area contributed by atoms with Gasteiger partial charge in [0.15, 0.2) is 0 Å². The Morgan fingerprint density at radius 1 is 1.47 bits per heavy atom. The molecule has 0 saturated heterocycles. The molecule has 0 spiro atoms. The van der Waals surface area contributed by atoms with Gasteiger partial charge in [0.05, 0.1) is 19.0 Å². The summed E-state index contributed by atoms with van der Waals surface area (Å²) in [4.78, 5) is 18.7. The number of carboxylic acid groups (broad SMARTS) is 1. The van der Waals surface area contributed by atoms with Gasteiger partial charge in [-0.2, -0.15) is 4.98 Å². The molecule has 1 rings (SSSR count). The average Bonchev–Trinajstić information content (AvgIpc) is 2.26. The van der Waals surface area contributed by atoms with Crippen LogP contribution in [0.1, 0.15) is 20.8 Å². The van der Waals surface area contributed by atoms with Gasteiger partial charge in [-0.1, -0.05) is 13.8 Å². The highest BCUT2D eigenvalue weighted by Gasteiger charge is 2.11. The number of nitrogens with one attached hydrogen (secondary N) is 1. The summed E-state index contributed by atoms with van der Waals surface area (Å²) in [6.45, 7) is 6.14. The van der Waals surface area contributed by atoms with Gasteiger partial charge in [0.2, 0.25) is 5.88 Å². The van der Waals surface area contributed by atoms with Crippen molar-refractivity contribution >= 4 is 11.8 Å². The molecule has 0 radical (unpaired) electrons. The quantitative estimate of drug-likeness (QED) is 0.780. The van der Waals surface area contributed by atoms with Crippen molar-refractivity contribution in [2.45, 2.75) is 26.8 Å². The first-order chi connectivity index (χ1) is 7.99. The van der Waals surface area contributed by atoms with Gasteiger partial charge in [0, 0.05) is 0 Å². The van der Waals surface area contributed by atoms with Crippen LogP contribution in [0.25, 0.3) is 0 Å². The van der Waals surface area contributed by atoms with Crippen molar-refractivity contribution in [2.75, 3.05) is 11.9 Å². The van der Waals surface area contributed by atoms with E-state index < -0.39 is 12.0 Å². The monoisotopic (exact) mass is 239 g/mol. The fraction of sp³-hybridized carbons (Fsp3) is 0.545. The Kier molecular flexibility index (Phi) is 4.68. The van der Waals surface area contributed by atoms with Gasteiger partial charge in [-0.05, 0) is 12.8 Å². The Bertz CT molecular complexity index is 382. The molecule has 6 heteroatoms. The first-order valence-corrected chi connectivity index (χ1v) is 5.43. The molecule has 1 aromatic heterocycles. The Hall–Kier alpha value is -1.85. The highest BCUT2D eigenvalue weighted by Crippen LogP contribution is 2.11. The Labute approximate surface area is 100 Å². The van der Waals surface area contributed by atoms with Gasteiger partial charge in [-0.25, -0.2) is 0 Å². The maximum atomic E-state index is 10.7. The van der Waals surface area contributed by atoms with E-state index in [1.165, 1.54) is 19.3 Å². The van der Waals surface area contributed by atoms with Crippen molar-refractivity contribution in [2.24, 2.45) is 5.92 Å². The zero-order valence-electron chi connectivity index (χ0n) is 10.2. The Morgan fingerprint density at radius 3 is 2.76 bits per heavy atom. The number of carboxylic acids is 1. The maximum Gasteiger partial charge on any atom is 0.325 e. The fourth-order valence-electron chi connectivity index (χ4n) is 1.02. The lowest BCUT2D eigenvalue weighted by molar-refractivity contribution is -0.137. The van der Waals surface area contributed by atoms with E-state index in [1.807, 2.05) is 13.8 Å². The van der Waals surface area contributed by atoms with Crippen LogP contribution in [0.2, 0.25) is 0 Å². The largest absolute Gasteiger partial charge is 0.480 e. The number of carbonyl (C=O) groups is 1. The second-order valence-corrected chi connectivity index (χ2v) is 4.15. The third-order valence-corrected chi connectivity index (χ3v) is 1.91. The zero-order chi connectivity index (χ0) is 12.8. The second-order valence-electron chi connectivity index (χ2n) is 4.15. The topological polar surface area (TPSA) is 84.3 Å². The summed E-state index contributed by atoms with van der Waals surface area (Å²) in [6.07, 6.45) is 2.96. The molecule has 17 heavy (non-hydrogen) atoms. The minimum atomic E-state index is -0.944. The lowest BCUT2D eigenvalue weighted by Gasteiger charge is -2.11. The number of hydrogen-bond donors (Lipinski definition) is 2. The molecule has 0 aliphatic rings. The first-order valence-electron chi connectivity index (χ1n) is 5.43. The minimum Gasteiger partial charge on any atom is -0.480 e. The summed E-state index contributed by atoms with van der Waals surface area (Å²) in [5.41, 5.74) is 0. The van der Waals surface area contributed by atoms with Crippen molar-refractivity contribution in [3.8, 4) is 5.88 Å². The summed E-state index contributed by atoms with van der Waals surface area (Å²) in [5.74, 6) is 0.231. The molecule has 0 fully saturated rings. The number of rotatable bonds is 6. The standard InChI is InChI=1S/C11H17N3O3/c1-7(2)6-17-10-5-12-4-9(14-10)13-8(3)11(15)16/h4-5,7-8H,6H2,1-3H3,(H,13,14)(H,15,16)/t8-/m1/s1. The number of anilines is 1. The zero-order valence-corrected chi connectivity index (χ0v) is 10.2. The lowest BCUT2D eigenvalue weighted by Crippen LogP contribution is -2.26. The van der Waals surface area contributed by atoms with Crippen LogP contribution in [0.4, 0.5) is 5.82 Å². The minimum absolute atomic E-state index is 0.390. The molecule has 2 N–H and O–H groups in total. The molecule has 94 valence electrons. The number of aliphatic carboxylic acids is 1. The molecule has 0 aromatic carbocycles. The summed E-state index contributed by atoms with van der Waals surface area (Å²) >= 11 is 0. The second kappa shape index (κ2) is 6.03. The van der Waals surface area contributed by atoms with Crippen LogP contribution < -0.4 is 10.1 Å². The molecule has 1 heterocycles. The van der Waals surface area contributed by atoms with Crippen LogP contribution in [0.5, 0.6) is 5.88 Å². The van der Waals surface area contributed by atoms with Gasteiger partial charge in [0.25, 0.3) is 0 Å². The number of hydrogen-bond acceptors (Lipinski definition) is 5. The summed E-state index contributed by atoms with van der Waals surface area (Å²) in [6, 6.07) is -0.718. The van der Waals surface area contributed by atoms with Crippen molar-refractivity contribution in [1.29, 1.82) is 0 Å². The van der Waals surface area contributed by atoms with Crippen molar-refractivity contribution in [3.05, 3.63) is 12.4 Å². The van der Waals surface area contributed by atoms with E-state index in [2.05, 4.69) is 15.3 Å². The van der Waals surface area contributed by atoms with Crippen LogP contribution >= 0.6 is 0 Å². The lowest BCUT2D eigenvalue weighted by atomic mass is 10.2. The predicted molar refractivity (Wildman–Crippen MR) is 63.1 cm³/mol. The molecule has 6 nitrogen and oxygen atoms in total. The normalized spacial score (nSPS) is 12.2. The van der Waals surface area contributed by atoms with Crippen LogP contribution in [-0.4, -0.2) is 33.7 Å². The summed E-state index contributed by atoms with van der Waals surface area (Å²) < 4.78 is 5.39. The SMILES string of the molecule is CC(C)COc1cncc(N[C@H](C)C(=O)O)n1. The number of ether oxygens (including phenoxy) is 1. The van der Waals surface area contributed by atoms with Crippen LogP contribution in [0.15, 0.2) is 12.4 Å². The van der Waals surface area contributed by atoms with Gasteiger partial charge in [0.1, 0.15) is 11.9 Å². The van der Waals surface area contributed by atoms with Crippen LogP contribution in [0, 0.1) is 5.92 Å². The van der Waals surface area contributed by atoms with Gasteiger partial charge < -0.3 is 15.2 Å². The Morgan fingerprint density at radius 2 is 2.18 bits per heavy atom. The highest BCUT2D eigenvalue weighted by atomic mass is 16.5. The molecule has 0 aliphatic heterocycles. The van der Waals surface area contributed by atoms with E-state index in [9.17, 15) is 4.79 Å². The summed E-state index contributed by atoms with van der Waals surface area (Å²) in [5, 5.41) is 11.5. The fourth-order valence-corrected chi connectivity index (χ4v) is 1.02. The molecule has 0 amide bonds. The first kappa shape index (κ1) is 13.2. The van der Waals surface area contributed by atoms with Gasteiger partial charge >= 0.3 is 5.97 Å². The number of nitrogens with zero attached hydrogens (tertiary/aromatic N) is 2.